The first kappa shape index (κ1) is 20.6. The third-order valence-electron chi connectivity index (χ3n) is 5.43. The molecule has 2 heterocycles. The maximum atomic E-state index is 12.5. The zero-order valence-electron chi connectivity index (χ0n) is 17.5. The molecule has 0 spiro atoms. The lowest BCUT2D eigenvalue weighted by Crippen LogP contribution is -2.39. The van der Waals surface area contributed by atoms with Crippen molar-refractivity contribution >= 4 is 22.9 Å². The Balaban J connectivity index is 1.50. The summed E-state index contributed by atoms with van der Waals surface area (Å²) < 4.78 is 5.68. The van der Waals surface area contributed by atoms with Crippen LogP contribution in [0.5, 0.6) is 5.75 Å². The summed E-state index contributed by atoms with van der Waals surface area (Å²) in [5, 5.41) is 3.19. The number of fused-ring (bicyclic) bond motifs is 1. The summed E-state index contributed by atoms with van der Waals surface area (Å²) >= 11 is 1.68. The van der Waals surface area contributed by atoms with Crippen LogP contribution in [0.15, 0.2) is 53.9 Å². The van der Waals surface area contributed by atoms with Crippen molar-refractivity contribution in [3.63, 3.8) is 0 Å². The topological polar surface area (TPSA) is 42.4 Å². The van der Waals surface area contributed by atoms with Crippen LogP contribution in [0.1, 0.15) is 49.6 Å². The van der Waals surface area contributed by atoms with Crippen molar-refractivity contribution in [1.29, 1.82) is 0 Å². The molecule has 3 aromatic rings. The lowest BCUT2D eigenvalue weighted by molar-refractivity contribution is -0.121. The molecule has 0 saturated carbocycles. The molecule has 1 amide bonds. The van der Waals surface area contributed by atoms with Crippen LogP contribution in [0, 0.1) is 0 Å². The molecule has 0 bridgehead atoms. The number of benzene rings is 2. The van der Waals surface area contributed by atoms with E-state index in [9.17, 15) is 4.79 Å². The molecule has 2 aromatic carbocycles. The van der Waals surface area contributed by atoms with E-state index in [2.05, 4.69) is 42.6 Å². The van der Waals surface area contributed by atoms with E-state index < -0.39 is 0 Å². The van der Waals surface area contributed by atoms with Crippen molar-refractivity contribution in [2.75, 3.05) is 18.1 Å². The second kappa shape index (κ2) is 9.90. The number of aromatic nitrogens is 1. The van der Waals surface area contributed by atoms with Gasteiger partial charge < -0.3 is 9.64 Å². The number of carbonyl (C=O) groups excluding carboxylic acids is 1. The maximum Gasteiger partial charge on any atom is 0.265 e. The highest BCUT2D eigenvalue weighted by atomic mass is 32.1. The molecule has 0 aliphatic carbocycles. The van der Waals surface area contributed by atoms with Gasteiger partial charge in [-0.05, 0) is 30.2 Å². The van der Waals surface area contributed by atoms with Crippen LogP contribution in [0.4, 0.5) is 5.69 Å². The molecule has 1 aromatic heterocycles. The Morgan fingerprint density at radius 2 is 1.90 bits per heavy atom. The number of nitrogens with zero attached hydrogens (tertiary/aromatic N) is 2. The smallest absolute Gasteiger partial charge is 0.265 e. The standard InChI is InChI=1S/C25H28N2O2S/c1-2-3-4-5-9-14-27-22-16-20(12-13-23(22)29-17-25(27)28)21-18-30-24(26-21)15-19-10-7-6-8-11-19/h6-8,10-13,16,18H,2-5,9,14-15,17H2,1H3. The predicted octanol–water partition coefficient (Wildman–Crippen LogP) is 6.10. The van der Waals surface area contributed by atoms with Crippen molar-refractivity contribution < 1.29 is 9.53 Å². The Hall–Kier alpha value is -2.66. The van der Waals surface area contributed by atoms with Gasteiger partial charge in [0.15, 0.2) is 6.61 Å². The van der Waals surface area contributed by atoms with E-state index in [1.165, 1.54) is 24.8 Å². The Morgan fingerprint density at radius 1 is 1.07 bits per heavy atom. The lowest BCUT2D eigenvalue weighted by Gasteiger charge is -2.29. The van der Waals surface area contributed by atoms with E-state index in [-0.39, 0.29) is 12.5 Å². The molecule has 0 unspecified atom stereocenters. The molecule has 0 radical (unpaired) electrons. The van der Waals surface area contributed by atoms with Gasteiger partial charge in [0.25, 0.3) is 5.91 Å². The van der Waals surface area contributed by atoms with Crippen LogP contribution in [0.25, 0.3) is 11.3 Å². The summed E-state index contributed by atoms with van der Waals surface area (Å²) in [6, 6.07) is 16.5. The van der Waals surface area contributed by atoms with Crippen molar-refractivity contribution in [3.05, 3.63) is 64.5 Å². The SMILES string of the molecule is CCCCCCCN1C(=O)COc2ccc(-c3csc(Cc4ccccc4)n3)cc21. The van der Waals surface area contributed by atoms with Crippen LogP contribution in [-0.2, 0) is 11.2 Å². The van der Waals surface area contributed by atoms with Crippen LogP contribution in [0.2, 0.25) is 0 Å². The first-order valence-corrected chi connectivity index (χ1v) is 11.7. The first-order chi connectivity index (χ1) is 14.7. The van der Waals surface area contributed by atoms with Crippen molar-refractivity contribution in [2.24, 2.45) is 0 Å². The average Bonchev–Trinajstić information content (AvgIpc) is 3.24. The fraction of sp³-hybridized carbons (Fsp3) is 0.360. The Kier molecular flexibility index (Phi) is 6.80. The molecule has 30 heavy (non-hydrogen) atoms. The van der Waals surface area contributed by atoms with Gasteiger partial charge in [0.05, 0.1) is 16.4 Å². The first-order valence-electron chi connectivity index (χ1n) is 10.8. The number of carbonyl (C=O) groups is 1. The Labute approximate surface area is 182 Å². The minimum Gasteiger partial charge on any atom is -0.482 e. The van der Waals surface area contributed by atoms with Gasteiger partial charge in [-0.25, -0.2) is 4.98 Å². The lowest BCUT2D eigenvalue weighted by atomic mass is 10.1. The highest BCUT2D eigenvalue weighted by Crippen LogP contribution is 2.36. The molecule has 5 heteroatoms. The molecule has 1 aliphatic rings. The molecule has 4 nitrogen and oxygen atoms in total. The number of rotatable bonds is 9. The van der Waals surface area contributed by atoms with E-state index in [1.807, 2.05) is 23.1 Å². The molecule has 0 N–H and O–H groups in total. The molecular weight excluding hydrogens is 392 g/mol. The summed E-state index contributed by atoms with van der Waals surface area (Å²) in [4.78, 5) is 19.3. The third kappa shape index (κ3) is 4.90. The number of anilines is 1. The largest absolute Gasteiger partial charge is 0.482 e. The van der Waals surface area contributed by atoms with Gasteiger partial charge in [-0.2, -0.15) is 0 Å². The van der Waals surface area contributed by atoms with Gasteiger partial charge in [0.1, 0.15) is 5.75 Å². The zero-order valence-corrected chi connectivity index (χ0v) is 18.3. The van der Waals surface area contributed by atoms with Gasteiger partial charge >= 0.3 is 0 Å². The molecule has 0 fully saturated rings. The number of amides is 1. The van der Waals surface area contributed by atoms with Crippen molar-refractivity contribution in [1.82, 2.24) is 4.98 Å². The maximum absolute atomic E-state index is 12.5. The quantitative estimate of drug-likeness (QED) is 0.393. The molecule has 0 atom stereocenters. The van der Waals surface area contributed by atoms with E-state index in [1.54, 1.807) is 11.3 Å². The number of ether oxygens (including phenoxy) is 1. The normalized spacial score (nSPS) is 13.2. The van der Waals surface area contributed by atoms with Crippen molar-refractivity contribution in [2.45, 2.75) is 45.4 Å². The minimum atomic E-state index is 0.0400. The van der Waals surface area contributed by atoms with Gasteiger partial charge in [-0.15, -0.1) is 11.3 Å². The highest BCUT2D eigenvalue weighted by molar-refractivity contribution is 7.10. The summed E-state index contributed by atoms with van der Waals surface area (Å²) in [7, 11) is 0. The second-order valence-corrected chi connectivity index (χ2v) is 8.66. The molecule has 1 aliphatic heterocycles. The minimum absolute atomic E-state index is 0.0400. The van der Waals surface area contributed by atoms with Gasteiger partial charge in [-0.3, -0.25) is 4.79 Å². The van der Waals surface area contributed by atoms with Crippen LogP contribution in [-0.4, -0.2) is 24.0 Å². The number of hydrogen-bond donors (Lipinski definition) is 0. The van der Waals surface area contributed by atoms with Crippen LogP contribution < -0.4 is 9.64 Å². The summed E-state index contributed by atoms with van der Waals surface area (Å²) in [6.07, 6.45) is 6.72. The van der Waals surface area contributed by atoms with Crippen LogP contribution >= 0.6 is 11.3 Å². The fourth-order valence-corrected chi connectivity index (χ4v) is 4.61. The molecule has 156 valence electrons. The molecule has 0 saturated heterocycles. The molecular formula is C25H28N2O2S. The van der Waals surface area contributed by atoms with E-state index >= 15 is 0 Å². The van der Waals surface area contributed by atoms with Crippen molar-refractivity contribution in [3.8, 4) is 17.0 Å². The van der Waals surface area contributed by atoms with E-state index in [0.29, 0.717) is 0 Å². The second-order valence-electron chi connectivity index (χ2n) is 7.72. The number of unbranched alkanes of at least 4 members (excludes halogenated alkanes) is 4. The number of hydrogen-bond acceptors (Lipinski definition) is 4. The third-order valence-corrected chi connectivity index (χ3v) is 6.28. The molecule has 4 rings (SSSR count). The number of thiazole rings is 1. The summed E-state index contributed by atoms with van der Waals surface area (Å²) in [6.45, 7) is 3.09. The van der Waals surface area contributed by atoms with E-state index in [4.69, 9.17) is 9.72 Å². The monoisotopic (exact) mass is 420 g/mol. The van der Waals surface area contributed by atoms with Gasteiger partial charge in [0.2, 0.25) is 0 Å². The van der Waals surface area contributed by atoms with Gasteiger partial charge in [-0.1, -0.05) is 62.9 Å². The fourth-order valence-electron chi connectivity index (χ4n) is 3.78. The van der Waals surface area contributed by atoms with Gasteiger partial charge in [0, 0.05) is 23.9 Å². The average molecular weight is 421 g/mol. The van der Waals surface area contributed by atoms with E-state index in [0.717, 1.165) is 53.5 Å². The Bertz CT molecular complexity index is 984. The highest BCUT2D eigenvalue weighted by Gasteiger charge is 2.25. The summed E-state index contributed by atoms with van der Waals surface area (Å²) in [5.74, 6) is 0.824. The zero-order chi connectivity index (χ0) is 20.8. The van der Waals surface area contributed by atoms with Crippen LogP contribution in [0.3, 0.4) is 0 Å². The Morgan fingerprint density at radius 3 is 2.73 bits per heavy atom. The predicted molar refractivity (Wildman–Crippen MR) is 123 cm³/mol. The summed E-state index contributed by atoms with van der Waals surface area (Å²) in [5.41, 5.74) is 4.11.